The predicted octanol–water partition coefficient (Wildman–Crippen LogP) is 5.89. The van der Waals surface area contributed by atoms with Gasteiger partial charge in [-0.1, -0.05) is 30.3 Å². The van der Waals surface area contributed by atoms with Crippen molar-refractivity contribution in [1.29, 1.82) is 0 Å². The average molecular weight is 430 g/mol. The molecule has 0 bridgehead atoms. The number of nitrogens with zero attached hydrogens (tertiary/aromatic N) is 1. The number of furan rings is 1. The number of aromatic nitrogens is 1. The van der Waals surface area contributed by atoms with Crippen molar-refractivity contribution in [2.75, 3.05) is 3.53 Å². The van der Waals surface area contributed by atoms with Crippen LogP contribution in [0.15, 0.2) is 52.9 Å². The van der Waals surface area contributed by atoms with Gasteiger partial charge >= 0.3 is 0 Å². The molecule has 0 aliphatic heterocycles. The van der Waals surface area contributed by atoms with E-state index in [9.17, 15) is 0 Å². The molecule has 4 aromatic rings. The Hall–Kier alpha value is -1.86. The van der Waals surface area contributed by atoms with Crippen LogP contribution in [0, 0.1) is 0 Å². The lowest BCUT2D eigenvalue weighted by Crippen LogP contribution is -1.84. The largest absolute Gasteiger partial charge is 0.456 e. The molecule has 5 rings (SSSR count). The summed E-state index contributed by atoms with van der Waals surface area (Å²) >= 11 is 3.86. The van der Waals surface area contributed by atoms with Crippen LogP contribution < -0.4 is 3.53 Å². The van der Waals surface area contributed by atoms with Gasteiger partial charge in [-0.25, -0.2) is 4.98 Å². The quantitative estimate of drug-likeness (QED) is 0.280. The Balaban J connectivity index is 1.60. The first kappa shape index (κ1) is 13.6. The van der Waals surface area contributed by atoms with Crippen molar-refractivity contribution >= 4 is 50.3 Å². The first-order chi connectivity index (χ1) is 11.3. The summed E-state index contributed by atoms with van der Waals surface area (Å²) in [6, 6.07) is 16.8. The second-order valence-corrected chi connectivity index (χ2v) is 7.21. The minimum absolute atomic E-state index is 0.923. The van der Waals surface area contributed by atoms with Crippen LogP contribution in [0.5, 0.6) is 0 Å². The molecular weight excluding hydrogens is 419 g/mol. The van der Waals surface area contributed by atoms with Crippen LogP contribution >= 0.6 is 34.2 Å². The fourth-order valence-electron chi connectivity index (χ4n) is 3.14. The zero-order chi connectivity index (χ0) is 15.4. The number of hydrogen-bond donors (Lipinski definition) is 1. The molecule has 112 valence electrons. The zero-order valence-corrected chi connectivity index (χ0v) is 14.9. The van der Waals surface area contributed by atoms with Gasteiger partial charge in [0.1, 0.15) is 11.3 Å². The normalized spacial score (nSPS) is 12.4. The van der Waals surface area contributed by atoms with Gasteiger partial charge in [0, 0.05) is 27.8 Å². The van der Waals surface area contributed by atoms with Gasteiger partial charge < -0.3 is 7.95 Å². The minimum atomic E-state index is 0.923. The number of rotatable bonds is 2. The van der Waals surface area contributed by atoms with E-state index in [2.05, 4.69) is 61.7 Å². The van der Waals surface area contributed by atoms with E-state index in [1.165, 1.54) is 16.0 Å². The number of halogens is 1. The monoisotopic (exact) mass is 430 g/mol. The van der Waals surface area contributed by atoms with E-state index in [-0.39, 0.29) is 0 Å². The summed E-state index contributed by atoms with van der Waals surface area (Å²) in [7, 11) is 0. The summed E-state index contributed by atoms with van der Waals surface area (Å²) in [6.45, 7) is 0. The first-order valence-electron chi connectivity index (χ1n) is 7.30. The Labute approximate surface area is 150 Å². The third kappa shape index (κ3) is 2.10. The maximum atomic E-state index is 5.98. The number of para-hydroxylation sites is 1. The van der Waals surface area contributed by atoms with E-state index >= 15 is 0 Å². The van der Waals surface area contributed by atoms with Crippen LogP contribution in [-0.4, -0.2) is 4.98 Å². The second kappa shape index (κ2) is 5.07. The molecule has 2 heterocycles. The van der Waals surface area contributed by atoms with E-state index in [1.807, 2.05) is 18.2 Å². The summed E-state index contributed by atoms with van der Waals surface area (Å²) in [5, 5.41) is 2.11. The molecule has 0 saturated heterocycles. The van der Waals surface area contributed by atoms with E-state index < -0.39 is 0 Å². The van der Waals surface area contributed by atoms with E-state index in [4.69, 9.17) is 4.42 Å². The van der Waals surface area contributed by atoms with Crippen molar-refractivity contribution in [3.63, 3.8) is 0 Å². The van der Waals surface area contributed by atoms with E-state index in [0.29, 0.717) is 0 Å². The fraction of sp³-hybridized carbons (Fsp3) is 0.0556. The highest BCUT2D eigenvalue weighted by Crippen LogP contribution is 2.43. The molecule has 23 heavy (non-hydrogen) atoms. The molecule has 0 amide bonds. The Morgan fingerprint density at radius 1 is 1.13 bits per heavy atom. The number of hydrogen-bond acceptors (Lipinski definition) is 4. The number of nitrogens with one attached hydrogen (secondary N) is 1. The summed E-state index contributed by atoms with van der Waals surface area (Å²) < 4.78 is 9.09. The molecule has 0 radical (unpaired) electrons. The van der Waals surface area contributed by atoms with Crippen LogP contribution in [0.2, 0.25) is 0 Å². The maximum absolute atomic E-state index is 5.98. The molecule has 2 aromatic carbocycles. The van der Waals surface area contributed by atoms with Gasteiger partial charge in [0.15, 0.2) is 5.13 Å². The van der Waals surface area contributed by atoms with Gasteiger partial charge in [-0.2, -0.15) is 0 Å². The van der Waals surface area contributed by atoms with Crippen LogP contribution in [0.25, 0.3) is 33.6 Å². The number of benzene rings is 2. The van der Waals surface area contributed by atoms with Gasteiger partial charge in [-0.05, 0) is 23.8 Å². The van der Waals surface area contributed by atoms with Crippen molar-refractivity contribution < 1.29 is 4.42 Å². The number of thiazole rings is 1. The Morgan fingerprint density at radius 2 is 2.04 bits per heavy atom. The van der Waals surface area contributed by atoms with E-state index in [1.54, 1.807) is 11.3 Å². The van der Waals surface area contributed by atoms with Gasteiger partial charge in [0.05, 0.1) is 28.6 Å². The smallest absolute Gasteiger partial charge is 0.192 e. The minimum Gasteiger partial charge on any atom is -0.456 e. The Kier molecular flexibility index (Phi) is 2.99. The summed E-state index contributed by atoms with van der Waals surface area (Å²) in [4.78, 5) is 6.00. The summed E-state index contributed by atoms with van der Waals surface area (Å²) in [5.74, 6) is 0.923. The fourth-order valence-corrected chi connectivity index (χ4v) is 4.48. The molecule has 0 unspecified atom stereocenters. The van der Waals surface area contributed by atoms with Crippen molar-refractivity contribution in [3.05, 3.63) is 59.0 Å². The number of fused-ring (bicyclic) bond motifs is 4. The van der Waals surface area contributed by atoms with E-state index in [0.717, 1.165) is 39.5 Å². The van der Waals surface area contributed by atoms with Crippen LogP contribution in [0.1, 0.15) is 10.4 Å². The van der Waals surface area contributed by atoms with Gasteiger partial charge in [0.25, 0.3) is 0 Å². The molecule has 1 aliphatic rings. The Morgan fingerprint density at radius 3 is 2.91 bits per heavy atom. The summed E-state index contributed by atoms with van der Waals surface area (Å²) in [6.07, 6.45) is 0.953. The first-order valence-corrected chi connectivity index (χ1v) is 9.20. The predicted molar refractivity (Wildman–Crippen MR) is 103 cm³/mol. The van der Waals surface area contributed by atoms with Gasteiger partial charge in [-0.15, -0.1) is 11.3 Å². The average Bonchev–Trinajstić information content (AvgIpc) is 3.25. The molecule has 0 atom stereocenters. The third-order valence-electron chi connectivity index (χ3n) is 4.20. The molecule has 0 spiro atoms. The third-order valence-corrected chi connectivity index (χ3v) is 6.05. The van der Waals surface area contributed by atoms with Crippen LogP contribution in [0.4, 0.5) is 5.13 Å². The second-order valence-electron chi connectivity index (χ2n) is 5.58. The van der Waals surface area contributed by atoms with Crippen LogP contribution in [0.3, 0.4) is 0 Å². The van der Waals surface area contributed by atoms with Crippen molar-refractivity contribution in [3.8, 4) is 22.6 Å². The summed E-state index contributed by atoms with van der Waals surface area (Å²) in [5.41, 5.74) is 5.76. The van der Waals surface area contributed by atoms with Crippen molar-refractivity contribution in [2.24, 2.45) is 0 Å². The molecule has 2 aromatic heterocycles. The number of anilines is 1. The lowest BCUT2D eigenvalue weighted by molar-refractivity contribution is 0.631. The lowest BCUT2D eigenvalue weighted by Gasteiger charge is -2.02. The molecule has 0 saturated carbocycles. The molecule has 1 aliphatic carbocycles. The highest BCUT2D eigenvalue weighted by atomic mass is 127. The maximum Gasteiger partial charge on any atom is 0.192 e. The molecule has 1 N–H and O–H groups in total. The van der Waals surface area contributed by atoms with Crippen LogP contribution in [-0.2, 0) is 6.42 Å². The van der Waals surface area contributed by atoms with Crippen molar-refractivity contribution in [2.45, 2.75) is 6.42 Å². The SMILES string of the molecule is INc1nc2c(s1)Cc1cc(-c3cc4ccccc4o3)ccc1-2. The zero-order valence-electron chi connectivity index (χ0n) is 12.0. The molecular formula is C18H11IN2OS. The van der Waals surface area contributed by atoms with Gasteiger partial charge in [-0.3, -0.25) is 0 Å². The molecule has 5 heteroatoms. The Bertz CT molecular complexity index is 1020. The van der Waals surface area contributed by atoms with Crippen molar-refractivity contribution in [1.82, 2.24) is 4.98 Å². The standard InChI is InChI=1S/C18H11IN2OS/c19-21-18-20-17-13-6-5-11(7-12(13)9-16(17)23-18)15-8-10-3-1-2-4-14(10)22-15/h1-8H,9H2,(H,20,21). The highest BCUT2D eigenvalue weighted by Gasteiger charge is 2.24. The topological polar surface area (TPSA) is 38.1 Å². The lowest BCUT2D eigenvalue weighted by atomic mass is 10.0. The van der Waals surface area contributed by atoms with Gasteiger partial charge in [0.2, 0.25) is 0 Å². The highest BCUT2D eigenvalue weighted by molar-refractivity contribution is 14.1. The molecule has 3 nitrogen and oxygen atoms in total. The molecule has 0 fully saturated rings.